The lowest BCUT2D eigenvalue weighted by molar-refractivity contribution is -0.141. The zero-order valence-electron chi connectivity index (χ0n) is 16.6. The van der Waals surface area contributed by atoms with Crippen LogP contribution in [0.25, 0.3) is 11.0 Å². The van der Waals surface area contributed by atoms with Gasteiger partial charge in [0.2, 0.25) is 5.91 Å². The van der Waals surface area contributed by atoms with Gasteiger partial charge in [-0.3, -0.25) is 9.48 Å². The molecule has 13 heteroatoms. The number of pyridine rings is 1. The molecule has 1 amide bonds. The Bertz CT molecular complexity index is 1110. The van der Waals surface area contributed by atoms with Crippen LogP contribution in [-0.2, 0) is 30.2 Å². The van der Waals surface area contributed by atoms with E-state index in [4.69, 9.17) is 0 Å². The molecule has 0 aromatic carbocycles. The van der Waals surface area contributed by atoms with Crippen molar-refractivity contribution < 1.29 is 31.1 Å². The molecule has 0 aliphatic rings. The van der Waals surface area contributed by atoms with Crippen LogP contribution in [0.5, 0.6) is 0 Å². The highest BCUT2D eigenvalue weighted by atomic mass is 19.4. The molecule has 31 heavy (non-hydrogen) atoms. The maximum atomic E-state index is 13.4. The van der Waals surface area contributed by atoms with Crippen molar-refractivity contribution in [2.45, 2.75) is 52.3 Å². The molecule has 1 atom stereocenters. The average Bonchev–Trinajstić information content (AvgIpc) is 3.18. The predicted molar refractivity (Wildman–Crippen MR) is 96.8 cm³/mol. The van der Waals surface area contributed by atoms with E-state index in [1.54, 1.807) is 6.92 Å². The summed E-state index contributed by atoms with van der Waals surface area (Å²) in [6, 6.07) is 1.14. The van der Waals surface area contributed by atoms with Crippen LogP contribution in [0.4, 0.5) is 26.3 Å². The van der Waals surface area contributed by atoms with Crippen LogP contribution in [0.2, 0.25) is 0 Å². The first-order chi connectivity index (χ1) is 14.3. The summed E-state index contributed by atoms with van der Waals surface area (Å²) in [5.74, 6) is -0.586. The number of hydrogen-bond acceptors (Lipinski definition) is 4. The van der Waals surface area contributed by atoms with Gasteiger partial charge in [0.25, 0.3) is 0 Å². The Kier molecular flexibility index (Phi) is 5.72. The highest BCUT2D eigenvalue weighted by molar-refractivity contribution is 5.85. The summed E-state index contributed by atoms with van der Waals surface area (Å²) >= 11 is 0. The first-order valence-corrected chi connectivity index (χ1v) is 9.07. The number of fused-ring (bicyclic) bond motifs is 1. The zero-order valence-corrected chi connectivity index (χ0v) is 16.6. The van der Waals surface area contributed by atoms with Crippen LogP contribution >= 0.6 is 0 Å². The summed E-state index contributed by atoms with van der Waals surface area (Å²) in [6.07, 6.45) is -8.04. The second-order valence-corrected chi connectivity index (χ2v) is 7.14. The standard InChI is InChI=1S/C18H18F6N6O/c1-9-6-12(17(19,20)21)15-11(3)27-30(16(15)26-9)8-14(31)25-10(2)7-29-5-4-13(28-29)18(22,23)24/h4-6,10H,7-8H2,1-3H3,(H,25,31)/t10-/m1/s1. The number of nitrogens with one attached hydrogen (secondary N) is 1. The van der Waals surface area contributed by atoms with Crippen LogP contribution in [0.3, 0.4) is 0 Å². The maximum Gasteiger partial charge on any atom is 0.435 e. The number of halogens is 6. The van der Waals surface area contributed by atoms with Crippen molar-refractivity contribution in [2.24, 2.45) is 0 Å². The Labute approximate surface area is 172 Å². The molecule has 168 valence electrons. The molecule has 3 rings (SSSR count). The number of alkyl halides is 6. The number of amides is 1. The van der Waals surface area contributed by atoms with Gasteiger partial charge in [0, 0.05) is 17.9 Å². The molecule has 0 fully saturated rings. The van der Waals surface area contributed by atoms with Crippen molar-refractivity contribution in [2.75, 3.05) is 0 Å². The molecule has 7 nitrogen and oxygen atoms in total. The fourth-order valence-electron chi connectivity index (χ4n) is 3.21. The topological polar surface area (TPSA) is 77.6 Å². The Morgan fingerprint density at radius 3 is 2.39 bits per heavy atom. The molecule has 0 bridgehead atoms. The number of hydrogen-bond donors (Lipinski definition) is 1. The van der Waals surface area contributed by atoms with E-state index in [1.165, 1.54) is 13.8 Å². The largest absolute Gasteiger partial charge is 0.435 e. The van der Waals surface area contributed by atoms with Crippen LogP contribution in [0.15, 0.2) is 18.3 Å². The number of carbonyl (C=O) groups is 1. The summed E-state index contributed by atoms with van der Waals surface area (Å²) < 4.78 is 80.1. The van der Waals surface area contributed by atoms with E-state index >= 15 is 0 Å². The molecule has 3 aromatic heterocycles. The van der Waals surface area contributed by atoms with E-state index in [0.717, 1.165) is 27.7 Å². The van der Waals surface area contributed by atoms with Crippen LogP contribution in [-0.4, -0.2) is 36.5 Å². The van der Waals surface area contributed by atoms with E-state index < -0.39 is 42.1 Å². The van der Waals surface area contributed by atoms with Crippen molar-refractivity contribution in [3.8, 4) is 0 Å². The molecule has 0 unspecified atom stereocenters. The summed E-state index contributed by atoms with van der Waals surface area (Å²) in [7, 11) is 0. The van der Waals surface area contributed by atoms with Crippen molar-refractivity contribution in [3.05, 3.63) is 41.0 Å². The van der Waals surface area contributed by atoms with Crippen molar-refractivity contribution in [1.29, 1.82) is 0 Å². The van der Waals surface area contributed by atoms with E-state index in [9.17, 15) is 31.1 Å². The van der Waals surface area contributed by atoms with E-state index in [0.29, 0.717) is 0 Å². The molecule has 0 aliphatic heterocycles. The smallest absolute Gasteiger partial charge is 0.350 e. The van der Waals surface area contributed by atoms with Gasteiger partial charge in [-0.15, -0.1) is 0 Å². The van der Waals surface area contributed by atoms with Crippen molar-refractivity contribution in [1.82, 2.24) is 29.9 Å². The third-order valence-electron chi connectivity index (χ3n) is 4.40. The minimum Gasteiger partial charge on any atom is -0.350 e. The van der Waals surface area contributed by atoms with Crippen molar-refractivity contribution >= 4 is 16.9 Å². The lowest BCUT2D eigenvalue weighted by Crippen LogP contribution is -2.38. The summed E-state index contributed by atoms with van der Waals surface area (Å²) in [5.41, 5.74) is -1.81. The number of rotatable bonds is 5. The van der Waals surface area contributed by atoms with Gasteiger partial charge in [-0.1, -0.05) is 0 Å². The van der Waals surface area contributed by atoms with Gasteiger partial charge in [-0.25, -0.2) is 9.67 Å². The summed E-state index contributed by atoms with van der Waals surface area (Å²) in [6.45, 7) is 3.92. The molecule has 3 heterocycles. The fraction of sp³-hybridized carbons (Fsp3) is 0.444. The first-order valence-electron chi connectivity index (χ1n) is 9.07. The molecular weight excluding hydrogens is 430 g/mol. The molecule has 3 aromatic rings. The Morgan fingerprint density at radius 2 is 1.81 bits per heavy atom. The SMILES string of the molecule is Cc1cc(C(F)(F)F)c2c(C)nn(CC(=O)N[C@H](C)Cn3ccc(C(F)(F)F)n3)c2n1. The third kappa shape index (κ3) is 4.97. The molecule has 1 N–H and O–H groups in total. The summed E-state index contributed by atoms with van der Waals surface area (Å²) in [4.78, 5) is 16.5. The monoisotopic (exact) mass is 448 g/mol. The number of aryl methyl sites for hydroxylation is 2. The van der Waals surface area contributed by atoms with Gasteiger partial charge in [0.1, 0.15) is 6.54 Å². The quantitative estimate of drug-likeness (QED) is 0.607. The van der Waals surface area contributed by atoms with Gasteiger partial charge in [0.05, 0.1) is 23.2 Å². The molecule has 0 saturated heterocycles. The molecule has 0 spiro atoms. The Balaban J connectivity index is 1.75. The van der Waals surface area contributed by atoms with E-state index in [2.05, 4.69) is 20.5 Å². The lowest BCUT2D eigenvalue weighted by atomic mass is 10.1. The number of carbonyl (C=O) groups excluding carboxylic acids is 1. The minimum atomic E-state index is -4.61. The van der Waals surface area contributed by atoms with E-state index in [1.807, 2.05) is 0 Å². The summed E-state index contributed by atoms with van der Waals surface area (Å²) in [5, 5.41) is 9.80. The number of aromatic nitrogens is 5. The maximum absolute atomic E-state index is 13.4. The van der Waals surface area contributed by atoms with Gasteiger partial charge >= 0.3 is 12.4 Å². The second-order valence-electron chi connectivity index (χ2n) is 7.14. The van der Waals surface area contributed by atoms with Gasteiger partial charge < -0.3 is 5.32 Å². The van der Waals surface area contributed by atoms with Gasteiger partial charge in [0.15, 0.2) is 11.3 Å². The third-order valence-corrected chi connectivity index (χ3v) is 4.40. The molecule has 0 saturated carbocycles. The Hall–Kier alpha value is -3.12. The molecular formula is C18H18F6N6O. The van der Waals surface area contributed by atoms with Crippen molar-refractivity contribution in [3.63, 3.8) is 0 Å². The van der Waals surface area contributed by atoms with Gasteiger partial charge in [-0.2, -0.15) is 36.5 Å². The Morgan fingerprint density at radius 1 is 1.13 bits per heavy atom. The highest BCUT2D eigenvalue weighted by Crippen LogP contribution is 2.36. The van der Waals surface area contributed by atoms with Crippen LogP contribution in [0, 0.1) is 13.8 Å². The predicted octanol–water partition coefficient (Wildman–Crippen LogP) is 3.49. The van der Waals surface area contributed by atoms with Crippen LogP contribution in [0.1, 0.15) is 29.6 Å². The normalized spacial score (nSPS) is 13.6. The average molecular weight is 448 g/mol. The minimum absolute atomic E-state index is 0.0315. The van der Waals surface area contributed by atoms with E-state index in [-0.39, 0.29) is 29.0 Å². The molecule has 0 aliphatic carbocycles. The number of nitrogens with zero attached hydrogens (tertiary/aromatic N) is 5. The second kappa shape index (κ2) is 7.85. The fourth-order valence-corrected chi connectivity index (χ4v) is 3.21. The lowest BCUT2D eigenvalue weighted by Gasteiger charge is -2.14. The van der Waals surface area contributed by atoms with Crippen LogP contribution < -0.4 is 5.32 Å². The molecule has 0 radical (unpaired) electrons. The van der Waals surface area contributed by atoms with Gasteiger partial charge in [-0.05, 0) is 32.9 Å². The highest BCUT2D eigenvalue weighted by Gasteiger charge is 2.35. The zero-order chi connectivity index (χ0) is 23.1. The first kappa shape index (κ1) is 22.6.